The summed E-state index contributed by atoms with van der Waals surface area (Å²) in [6, 6.07) is 16.3. The number of nitrogens with zero attached hydrogens (tertiary/aromatic N) is 5. The zero-order valence-corrected chi connectivity index (χ0v) is 17.5. The second-order valence-corrected chi connectivity index (χ2v) is 7.17. The summed E-state index contributed by atoms with van der Waals surface area (Å²) >= 11 is 0. The summed E-state index contributed by atoms with van der Waals surface area (Å²) in [4.78, 5) is 10.0. The van der Waals surface area contributed by atoms with E-state index in [4.69, 9.17) is 4.74 Å². The average molecular weight is 420 g/mol. The van der Waals surface area contributed by atoms with E-state index < -0.39 is 5.82 Å². The Bertz CT molecular complexity index is 1040. The molecule has 0 atom stereocenters. The number of para-hydroxylation sites is 1. The molecule has 160 valence electrons. The molecule has 1 aromatic heterocycles. The van der Waals surface area contributed by atoms with Crippen LogP contribution in [0.4, 0.5) is 27.5 Å². The van der Waals surface area contributed by atoms with Crippen LogP contribution >= 0.6 is 0 Å². The zero-order chi connectivity index (χ0) is 21.5. The monoisotopic (exact) mass is 420 g/mol. The molecule has 1 saturated heterocycles. The number of morpholine rings is 1. The van der Waals surface area contributed by atoms with E-state index in [1.54, 1.807) is 0 Å². The van der Waals surface area contributed by atoms with Crippen LogP contribution in [0.2, 0.25) is 0 Å². The highest BCUT2D eigenvalue weighted by Crippen LogP contribution is 2.23. The zero-order valence-electron chi connectivity index (χ0n) is 17.5. The second-order valence-electron chi connectivity index (χ2n) is 7.17. The van der Waals surface area contributed by atoms with Gasteiger partial charge in [0, 0.05) is 24.5 Å². The molecule has 0 unspecified atom stereocenters. The molecule has 3 aromatic rings. The standard InChI is InChI=1S/C23H25FN6O/c1-2-17-14-20(27-19-6-4-3-5-7-19)9-8-18(17)15-26-29-23-25-16-21(24)22(28-23)30-10-12-31-13-11-30/h3-9,14,16,27H,2,10-13,15H2,1H3. The SMILES string of the molecule is CCc1cc(Nc2ccccc2)ccc1CN=Nc1ncc(F)c(N2CCOCC2)n1. The molecule has 0 bridgehead atoms. The maximum Gasteiger partial charge on any atom is 0.270 e. The number of aryl methyl sites for hydroxylation is 1. The lowest BCUT2D eigenvalue weighted by Crippen LogP contribution is -2.37. The molecular weight excluding hydrogens is 395 g/mol. The summed E-state index contributed by atoms with van der Waals surface area (Å²) in [5.41, 5.74) is 4.34. The lowest BCUT2D eigenvalue weighted by atomic mass is 10.0. The van der Waals surface area contributed by atoms with Crippen LogP contribution in [-0.2, 0) is 17.7 Å². The van der Waals surface area contributed by atoms with Crippen molar-refractivity contribution in [3.63, 3.8) is 0 Å². The third kappa shape index (κ3) is 5.40. The molecule has 4 rings (SSSR count). The van der Waals surface area contributed by atoms with E-state index in [-0.39, 0.29) is 11.8 Å². The van der Waals surface area contributed by atoms with Crippen molar-refractivity contribution in [2.45, 2.75) is 19.9 Å². The van der Waals surface area contributed by atoms with Crippen molar-refractivity contribution >= 4 is 23.1 Å². The molecule has 1 fully saturated rings. The first kappa shape index (κ1) is 20.9. The second kappa shape index (κ2) is 10.1. The summed E-state index contributed by atoms with van der Waals surface area (Å²) in [7, 11) is 0. The highest BCUT2D eigenvalue weighted by Gasteiger charge is 2.17. The number of nitrogens with one attached hydrogen (secondary N) is 1. The van der Waals surface area contributed by atoms with Gasteiger partial charge in [0.1, 0.15) is 0 Å². The molecule has 1 N–H and O–H groups in total. The molecular formula is C23H25FN6O. The van der Waals surface area contributed by atoms with Crippen LogP contribution in [0.15, 0.2) is 65.0 Å². The van der Waals surface area contributed by atoms with E-state index in [9.17, 15) is 4.39 Å². The van der Waals surface area contributed by atoms with Crippen molar-refractivity contribution in [1.29, 1.82) is 0 Å². The maximum absolute atomic E-state index is 14.1. The fourth-order valence-corrected chi connectivity index (χ4v) is 3.44. The minimum atomic E-state index is -0.462. The number of benzene rings is 2. The lowest BCUT2D eigenvalue weighted by molar-refractivity contribution is 0.122. The molecule has 0 amide bonds. The Morgan fingerprint density at radius 3 is 2.65 bits per heavy atom. The van der Waals surface area contributed by atoms with E-state index in [0.717, 1.165) is 29.6 Å². The molecule has 2 aromatic carbocycles. The molecule has 8 heteroatoms. The number of anilines is 3. The Labute approximate surface area is 181 Å². The van der Waals surface area contributed by atoms with Gasteiger partial charge in [-0.3, -0.25) is 0 Å². The minimum absolute atomic E-state index is 0.156. The van der Waals surface area contributed by atoms with Crippen LogP contribution < -0.4 is 10.2 Å². The van der Waals surface area contributed by atoms with E-state index in [1.165, 1.54) is 5.56 Å². The van der Waals surface area contributed by atoms with E-state index in [0.29, 0.717) is 32.8 Å². The van der Waals surface area contributed by atoms with Crippen molar-refractivity contribution < 1.29 is 9.13 Å². The van der Waals surface area contributed by atoms with Gasteiger partial charge in [-0.05, 0) is 41.8 Å². The van der Waals surface area contributed by atoms with E-state index >= 15 is 0 Å². The predicted octanol–water partition coefficient (Wildman–Crippen LogP) is 5.04. The van der Waals surface area contributed by atoms with E-state index in [1.807, 2.05) is 47.4 Å². The summed E-state index contributed by atoms with van der Waals surface area (Å²) in [5.74, 6) is -0.0586. The largest absolute Gasteiger partial charge is 0.378 e. The Morgan fingerprint density at radius 2 is 1.87 bits per heavy atom. The maximum atomic E-state index is 14.1. The number of rotatable bonds is 7. The fourth-order valence-electron chi connectivity index (χ4n) is 3.44. The number of ether oxygens (including phenoxy) is 1. The van der Waals surface area contributed by atoms with Crippen LogP contribution in [0.3, 0.4) is 0 Å². The first-order chi connectivity index (χ1) is 15.2. The summed E-state index contributed by atoms with van der Waals surface area (Å²) in [5, 5.41) is 11.8. The molecule has 1 aliphatic heterocycles. The molecule has 0 radical (unpaired) electrons. The molecule has 0 spiro atoms. The quantitative estimate of drug-likeness (QED) is 0.542. The fraction of sp³-hybridized carbons (Fsp3) is 0.304. The predicted molar refractivity (Wildman–Crippen MR) is 119 cm³/mol. The normalized spacial score (nSPS) is 14.2. The Hall–Kier alpha value is -3.39. The van der Waals surface area contributed by atoms with Crippen LogP contribution in [0, 0.1) is 5.82 Å². The van der Waals surface area contributed by atoms with Gasteiger partial charge >= 0.3 is 0 Å². The Morgan fingerprint density at radius 1 is 1.06 bits per heavy atom. The summed E-state index contributed by atoms with van der Waals surface area (Å²) in [6.45, 7) is 4.80. The van der Waals surface area contributed by atoms with Gasteiger partial charge in [-0.15, -0.1) is 5.11 Å². The van der Waals surface area contributed by atoms with Gasteiger partial charge in [0.05, 0.1) is 26.0 Å². The van der Waals surface area contributed by atoms with Crippen LogP contribution in [0.5, 0.6) is 0 Å². The van der Waals surface area contributed by atoms with Crippen molar-refractivity contribution in [2.24, 2.45) is 10.2 Å². The van der Waals surface area contributed by atoms with E-state index in [2.05, 4.69) is 38.5 Å². The number of azo groups is 1. The molecule has 7 nitrogen and oxygen atoms in total. The van der Waals surface area contributed by atoms with Crippen molar-refractivity contribution in [1.82, 2.24) is 9.97 Å². The molecule has 0 aliphatic carbocycles. The van der Waals surface area contributed by atoms with Crippen molar-refractivity contribution in [3.05, 3.63) is 71.7 Å². The van der Waals surface area contributed by atoms with Crippen LogP contribution in [0.25, 0.3) is 0 Å². The van der Waals surface area contributed by atoms with Gasteiger partial charge in [0.15, 0.2) is 11.6 Å². The molecule has 1 aliphatic rings. The topological polar surface area (TPSA) is 75.0 Å². The number of hydrogen-bond acceptors (Lipinski definition) is 7. The average Bonchev–Trinajstić information content (AvgIpc) is 2.82. The first-order valence-corrected chi connectivity index (χ1v) is 10.4. The van der Waals surface area contributed by atoms with Gasteiger partial charge in [-0.1, -0.05) is 31.2 Å². The van der Waals surface area contributed by atoms with Gasteiger partial charge in [0.2, 0.25) is 0 Å². The molecule has 31 heavy (non-hydrogen) atoms. The molecule has 0 saturated carbocycles. The number of hydrogen-bond donors (Lipinski definition) is 1. The lowest BCUT2D eigenvalue weighted by Gasteiger charge is -2.27. The minimum Gasteiger partial charge on any atom is -0.378 e. The summed E-state index contributed by atoms with van der Waals surface area (Å²) < 4.78 is 19.5. The van der Waals surface area contributed by atoms with Gasteiger partial charge in [-0.25, -0.2) is 9.37 Å². The smallest absolute Gasteiger partial charge is 0.270 e. The van der Waals surface area contributed by atoms with Crippen molar-refractivity contribution in [2.75, 3.05) is 36.5 Å². The van der Waals surface area contributed by atoms with Gasteiger partial charge in [-0.2, -0.15) is 10.1 Å². The third-order valence-corrected chi connectivity index (χ3v) is 5.07. The third-order valence-electron chi connectivity index (χ3n) is 5.07. The van der Waals surface area contributed by atoms with Crippen LogP contribution in [-0.4, -0.2) is 36.3 Å². The van der Waals surface area contributed by atoms with Crippen molar-refractivity contribution in [3.8, 4) is 0 Å². The number of aromatic nitrogens is 2. The highest BCUT2D eigenvalue weighted by atomic mass is 19.1. The summed E-state index contributed by atoms with van der Waals surface area (Å²) in [6.07, 6.45) is 2.02. The Balaban J connectivity index is 1.44. The van der Waals surface area contributed by atoms with Gasteiger partial charge in [0.25, 0.3) is 5.95 Å². The molecule has 2 heterocycles. The van der Waals surface area contributed by atoms with Gasteiger partial charge < -0.3 is 15.0 Å². The Kier molecular flexibility index (Phi) is 6.78. The first-order valence-electron chi connectivity index (χ1n) is 10.4. The number of halogens is 1. The highest BCUT2D eigenvalue weighted by molar-refractivity contribution is 5.61. The van der Waals surface area contributed by atoms with Crippen LogP contribution in [0.1, 0.15) is 18.1 Å².